The molecule has 92 valence electrons. The van der Waals surface area contributed by atoms with Gasteiger partial charge < -0.3 is 10.5 Å². The number of carbonyl (C=O) groups is 1. The van der Waals surface area contributed by atoms with Gasteiger partial charge in [-0.1, -0.05) is 17.7 Å². The third kappa shape index (κ3) is 1.55. The predicted octanol–water partition coefficient (Wildman–Crippen LogP) is 1.76. The number of nitrogens with one attached hydrogen (secondary N) is 1. The first-order valence-electron chi connectivity index (χ1n) is 5.47. The number of fused-ring (bicyclic) bond motifs is 3. The Morgan fingerprint density at radius 3 is 3.11 bits per heavy atom. The molecule has 0 fully saturated rings. The lowest BCUT2D eigenvalue weighted by Crippen LogP contribution is -2.14. The summed E-state index contributed by atoms with van der Waals surface area (Å²) in [7, 11) is 0. The van der Waals surface area contributed by atoms with Crippen LogP contribution in [0.4, 0.5) is 0 Å². The normalized spacial score (nSPS) is 13.2. The molecule has 2 heterocycles. The van der Waals surface area contributed by atoms with Crippen molar-refractivity contribution in [3.05, 3.63) is 34.5 Å². The second-order valence-electron chi connectivity index (χ2n) is 4.00. The van der Waals surface area contributed by atoms with Crippen molar-refractivity contribution in [3.63, 3.8) is 0 Å². The Labute approximate surface area is 108 Å². The lowest BCUT2D eigenvalue weighted by atomic mass is 10.0. The van der Waals surface area contributed by atoms with E-state index in [-0.39, 0.29) is 0 Å². The number of nitrogens with two attached hydrogens (primary N) is 1. The van der Waals surface area contributed by atoms with E-state index >= 15 is 0 Å². The lowest BCUT2D eigenvalue weighted by Gasteiger charge is -2.07. The van der Waals surface area contributed by atoms with E-state index in [2.05, 4.69) is 10.2 Å². The van der Waals surface area contributed by atoms with Crippen LogP contribution < -0.4 is 10.5 Å². The first-order valence-corrected chi connectivity index (χ1v) is 5.85. The van der Waals surface area contributed by atoms with Gasteiger partial charge in [0.05, 0.1) is 17.3 Å². The van der Waals surface area contributed by atoms with Gasteiger partial charge in [-0.15, -0.1) is 0 Å². The molecule has 0 bridgehead atoms. The molecular formula is C12H10ClN3O2. The zero-order valence-corrected chi connectivity index (χ0v) is 10.1. The molecule has 1 aliphatic heterocycles. The molecule has 1 aromatic heterocycles. The van der Waals surface area contributed by atoms with E-state index < -0.39 is 5.91 Å². The molecule has 1 aliphatic rings. The third-order valence-electron chi connectivity index (χ3n) is 2.93. The maximum atomic E-state index is 11.3. The minimum Gasteiger partial charge on any atom is -0.491 e. The minimum atomic E-state index is -0.519. The summed E-state index contributed by atoms with van der Waals surface area (Å²) in [5, 5.41) is 7.37. The van der Waals surface area contributed by atoms with E-state index in [1.165, 1.54) is 0 Å². The Balaban J connectivity index is 2.26. The number of para-hydroxylation sites is 1. The standard InChI is InChI=1S/C12H10ClN3O2/c13-8-3-1-2-7-9-6(4-5-18-11(7)8)10(12(14)17)16-15-9/h1-3H,4-5H2,(H2,14,17)(H,15,16). The molecule has 1 aromatic carbocycles. The van der Waals surface area contributed by atoms with Crippen molar-refractivity contribution in [1.29, 1.82) is 0 Å². The smallest absolute Gasteiger partial charge is 0.267 e. The third-order valence-corrected chi connectivity index (χ3v) is 3.23. The van der Waals surface area contributed by atoms with Crippen LogP contribution >= 0.6 is 11.6 Å². The van der Waals surface area contributed by atoms with E-state index in [1.807, 2.05) is 12.1 Å². The van der Waals surface area contributed by atoms with Gasteiger partial charge in [0.2, 0.25) is 0 Å². The number of nitrogens with zero attached hydrogens (tertiary/aromatic N) is 1. The van der Waals surface area contributed by atoms with Gasteiger partial charge in [-0.25, -0.2) is 0 Å². The summed E-state index contributed by atoms with van der Waals surface area (Å²) in [6.07, 6.45) is 0.565. The van der Waals surface area contributed by atoms with Crippen molar-refractivity contribution < 1.29 is 9.53 Å². The number of hydrogen-bond acceptors (Lipinski definition) is 3. The molecule has 5 nitrogen and oxygen atoms in total. The highest BCUT2D eigenvalue weighted by Crippen LogP contribution is 2.39. The second kappa shape index (κ2) is 4.03. The van der Waals surface area contributed by atoms with Crippen molar-refractivity contribution in [2.45, 2.75) is 6.42 Å². The van der Waals surface area contributed by atoms with Crippen molar-refractivity contribution in [2.24, 2.45) is 5.73 Å². The van der Waals surface area contributed by atoms with Gasteiger partial charge in [-0.2, -0.15) is 5.10 Å². The Morgan fingerprint density at radius 1 is 1.50 bits per heavy atom. The Hall–Kier alpha value is -2.01. The van der Waals surface area contributed by atoms with Crippen LogP contribution in [0.15, 0.2) is 18.2 Å². The Bertz CT molecular complexity index is 636. The maximum Gasteiger partial charge on any atom is 0.267 e. The van der Waals surface area contributed by atoms with Gasteiger partial charge in [-0.05, 0) is 12.1 Å². The first kappa shape index (κ1) is 11.1. The molecular weight excluding hydrogens is 254 g/mol. The van der Waals surface area contributed by atoms with Crippen LogP contribution in [0.25, 0.3) is 11.3 Å². The second-order valence-corrected chi connectivity index (χ2v) is 4.41. The highest BCUT2D eigenvalue weighted by molar-refractivity contribution is 6.32. The van der Waals surface area contributed by atoms with Crippen molar-refractivity contribution >= 4 is 17.5 Å². The van der Waals surface area contributed by atoms with Crippen LogP contribution in [0, 0.1) is 0 Å². The van der Waals surface area contributed by atoms with Crippen LogP contribution in [0.3, 0.4) is 0 Å². The lowest BCUT2D eigenvalue weighted by molar-refractivity contribution is 0.0994. The number of H-pyrrole nitrogens is 1. The van der Waals surface area contributed by atoms with Crippen molar-refractivity contribution in [3.8, 4) is 17.0 Å². The molecule has 0 spiro atoms. The summed E-state index contributed by atoms with van der Waals surface area (Å²) in [5.41, 5.74) is 7.88. The van der Waals surface area contributed by atoms with E-state index in [0.717, 1.165) is 11.1 Å². The van der Waals surface area contributed by atoms with Gasteiger partial charge in [0.15, 0.2) is 0 Å². The topological polar surface area (TPSA) is 81.0 Å². The van der Waals surface area contributed by atoms with Crippen LogP contribution in [-0.4, -0.2) is 22.7 Å². The Morgan fingerprint density at radius 2 is 2.33 bits per heavy atom. The fourth-order valence-corrected chi connectivity index (χ4v) is 2.36. The summed E-state index contributed by atoms with van der Waals surface area (Å²) in [6.45, 7) is 0.434. The summed E-state index contributed by atoms with van der Waals surface area (Å²) >= 11 is 6.10. The average Bonchev–Trinajstić information content (AvgIpc) is 2.67. The quantitative estimate of drug-likeness (QED) is 0.823. The van der Waals surface area contributed by atoms with Gasteiger partial charge in [-0.3, -0.25) is 9.89 Å². The number of ether oxygens (including phenoxy) is 1. The van der Waals surface area contributed by atoms with Crippen molar-refractivity contribution in [2.75, 3.05) is 6.61 Å². The molecule has 2 aromatic rings. The molecule has 3 rings (SSSR count). The van der Waals surface area contributed by atoms with Crippen molar-refractivity contribution in [1.82, 2.24) is 10.2 Å². The van der Waals surface area contributed by atoms with Crippen LogP contribution in [0.2, 0.25) is 5.02 Å². The van der Waals surface area contributed by atoms with Crippen LogP contribution in [-0.2, 0) is 6.42 Å². The van der Waals surface area contributed by atoms with E-state index in [9.17, 15) is 4.79 Å². The maximum absolute atomic E-state index is 11.3. The average molecular weight is 264 g/mol. The summed E-state index contributed by atoms with van der Waals surface area (Å²) in [5.74, 6) is 0.0784. The number of aromatic amines is 1. The number of amides is 1. The molecule has 6 heteroatoms. The first-order chi connectivity index (χ1) is 8.68. The van der Waals surface area contributed by atoms with E-state index in [0.29, 0.717) is 35.2 Å². The number of hydrogen-bond donors (Lipinski definition) is 2. The largest absolute Gasteiger partial charge is 0.491 e. The monoisotopic (exact) mass is 263 g/mol. The number of halogens is 1. The number of benzene rings is 1. The van der Waals surface area contributed by atoms with E-state index in [4.69, 9.17) is 22.1 Å². The molecule has 0 atom stereocenters. The van der Waals surface area contributed by atoms with Gasteiger partial charge >= 0.3 is 0 Å². The predicted molar refractivity (Wildman–Crippen MR) is 66.8 cm³/mol. The fourth-order valence-electron chi connectivity index (χ4n) is 2.13. The van der Waals surface area contributed by atoms with E-state index in [1.54, 1.807) is 6.07 Å². The molecule has 0 saturated carbocycles. The molecule has 3 N–H and O–H groups in total. The molecule has 0 aliphatic carbocycles. The zero-order valence-electron chi connectivity index (χ0n) is 9.37. The number of aromatic nitrogens is 2. The molecule has 1 amide bonds. The number of carbonyl (C=O) groups excluding carboxylic acids is 1. The molecule has 0 radical (unpaired) electrons. The molecule has 0 unspecified atom stereocenters. The summed E-state index contributed by atoms with van der Waals surface area (Å²) in [6, 6.07) is 5.43. The summed E-state index contributed by atoms with van der Waals surface area (Å²) < 4.78 is 5.62. The molecule has 18 heavy (non-hydrogen) atoms. The van der Waals surface area contributed by atoms with Crippen LogP contribution in [0.1, 0.15) is 16.1 Å². The summed E-state index contributed by atoms with van der Waals surface area (Å²) in [4.78, 5) is 11.3. The minimum absolute atomic E-state index is 0.335. The number of primary amides is 1. The van der Waals surface area contributed by atoms with Gasteiger partial charge in [0.25, 0.3) is 5.91 Å². The highest BCUT2D eigenvalue weighted by atomic mass is 35.5. The highest BCUT2D eigenvalue weighted by Gasteiger charge is 2.24. The van der Waals surface area contributed by atoms with Gasteiger partial charge in [0.1, 0.15) is 11.4 Å². The van der Waals surface area contributed by atoms with Gasteiger partial charge in [0, 0.05) is 17.5 Å². The fraction of sp³-hybridized carbons (Fsp3) is 0.167. The SMILES string of the molecule is NC(=O)c1[nH]nc2c1CCOc1c(Cl)cccc1-2. The number of rotatable bonds is 1. The zero-order chi connectivity index (χ0) is 12.7. The Kier molecular flexibility index (Phi) is 2.48. The molecule has 0 saturated heterocycles. The van der Waals surface area contributed by atoms with Crippen LogP contribution in [0.5, 0.6) is 5.75 Å².